The largest absolute Gasteiger partial charge is 0.400 e. The maximum atomic E-state index is 9.61. The molecule has 4 atom stereocenters. The number of hydrogen-bond acceptors (Lipinski definition) is 1. The lowest BCUT2D eigenvalue weighted by Gasteiger charge is -2.31. The number of hydrogen-bond donors (Lipinski definition) is 1. The predicted molar refractivity (Wildman–Crippen MR) is 52.0 cm³/mol. The van der Waals surface area contributed by atoms with Gasteiger partial charge in [0, 0.05) is 5.50 Å². The average molecular weight is 166 g/mol. The van der Waals surface area contributed by atoms with Crippen molar-refractivity contribution in [1.82, 2.24) is 0 Å². The van der Waals surface area contributed by atoms with Crippen LogP contribution in [0.4, 0.5) is 0 Å². The van der Waals surface area contributed by atoms with Gasteiger partial charge in [0.05, 0.1) is 0 Å². The van der Waals surface area contributed by atoms with Gasteiger partial charge in [-0.2, -0.15) is 0 Å². The first-order valence-electron chi connectivity index (χ1n) is 4.92. The number of aliphatic hydroxyl groups is 1. The van der Waals surface area contributed by atoms with Gasteiger partial charge in [-0.05, 0) is 37.5 Å². The zero-order valence-electron chi connectivity index (χ0n) is 8.38. The summed E-state index contributed by atoms with van der Waals surface area (Å²) in [6.45, 7) is 6.04. The molecule has 0 aromatic rings. The summed E-state index contributed by atoms with van der Waals surface area (Å²) in [6, 6.07) is 0. The van der Waals surface area contributed by atoms with Crippen LogP contribution in [-0.4, -0.2) is 18.5 Å². The summed E-state index contributed by atoms with van der Waals surface area (Å²) in [7, 11) is 5.66. The van der Waals surface area contributed by atoms with E-state index in [-0.39, 0.29) is 5.92 Å². The van der Waals surface area contributed by atoms with Crippen LogP contribution in [-0.2, 0) is 0 Å². The van der Waals surface area contributed by atoms with E-state index in [0.717, 1.165) is 5.92 Å². The van der Waals surface area contributed by atoms with Gasteiger partial charge in [0.1, 0.15) is 7.85 Å². The van der Waals surface area contributed by atoms with Crippen LogP contribution in [0.2, 0.25) is 0 Å². The molecule has 1 rings (SSSR count). The Morgan fingerprint density at radius 1 is 1.50 bits per heavy atom. The van der Waals surface area contributed by atoms with E-state index in [1.165, 1.54) is 19.3 Å². The van der Waals surface area contributed by atoms with Crippen LogP contribution >= 0.6 is 0 Å². The summed E-state index contributed by atoms with van der Waals surface area (Å²) in [5.74, 6) is 1.67. The van der Waals surface area contributed by atoms with Gasteiger partial charge < -0.3 is 5.11 Å². The van der Waals surface area contributed by atoms with Gasteiger partial charge in [-0.25, -0.2) is 0 Å². The van der Waals surface area contributed by atoms with E-state index in [4.69, 9.17) is 7.85 Å². The van der Waals surface area contributed by atoms with E-state index in [1.807, 2.05) is 0 Å². The fraction of sp³-hybridized carbons (Fsp3) is 1.00. The summed E-state index contributed by atoms with van der Waals surface area (Å²) >= 11 is 0. The van der Waals surface area contributed by atoms with Gasteiger partial charge in [0.15, 0.2) is 0 Å². The Bertz CT molecular complexity index is 150. The quantitative estimate of drug-likeness (QED) is 0.621. The molecule has 0 heterocycles. The van der Waals surface area contributed by atoms with Crippen LogP contribution in [0.3, 0.4) is 0 Å². The molecule has 1 nitrogen and oxygen atoms in total. The minimum atomic E-state index is -0.991. The summed E-state index contributed by atoms with van der Waals surface area (Å²) in [5.41, 5.74) is -0.991. The van der Waals surface area contributed by atoms with Crippen molar-refractivity contribution < 1.29 is 5.11 Å². The Kier molecular flexibility index (Phi) is 2.87. The van der Waals surface area contributed by atoms with E-state index >= 15 is 0 Å². The highest BCUT2D eigenvalue weighted by Crippen LogP contribution is 2.38. The highest BCUT2D eigenvalue weighted by atomic mass is 16.3. The third-order valence-electron chi connectivity index (χ3n) is 3.36. The molecule has 1 aliphatic carbocycles. The fourth-order valence-corrected chi connectivity index (χ4v) is 2.18. The Morgan fingerprint density at radius 3 is 2.42 bits per heavy atom. The second-order valence-corrected chi connectivity index (χ2v) is 4.69. The Morgan fingerprint density at radius 2 is 2.08 bits per heavy atom. The zero-order valence-corrected chi connectivity index (χ0v) is 8.38. The molecule has 0 aliphatic heterocycles. The molecule has 4 unspecified atom stereocenters. The van der Waals surface area contributed by atoms with Crippen molar-refractivity contribution in [1.29, 1.82) is 0 Å². The highest BCUT2D eigenvalue weighted by Gasteiger charge is 2.33. The van der Waals surface area contributed by atoms with Gasteiger partial charge in [-0.1, -0.05) is 20.3 Å². The van der Waals surface area contributed by atoms with Crippen LogP contribution in [0.5, 0.6) is 0 Å². The molecule has 68 valence electrons. The maximum Gasteiger partial charge on any atom is 0.113 e. The molecule has 1 aliphatic rings. The molecule has 1 fully saturated rings. The molecule has 1 N–H and O–H groups in total. The highest BCUT2D eigenvalue weighted by molar-refractivity contribution is 6.14. The van der Waals surface area contributed by atoms with Gasteiger partial charge in [0.2, 0.25) is 0 Å². The van der Waals surface area contributed by atoms with E-state index < -0.39 is 5.50 Å². The van der Waals surface area contributed by atoms with E-state index in [0.29, 0.717) is 5.92 Å². The smallest absolute Gasteiger partial charge is 0.113 e. The number of rotatable bonds is 2. The Balaban J connectivity index is 2.48. The first kappa shape index (κ1) is 10.1. The Labute approximate surface area is 77.0 Å². The second-order valence-electron chi connectivity index (χ2n) is 4.69. The predicted octanol–water partition coefficient (Wildman–Crippen LogP) is 1.94. The topological polar surface area (TPSA) is 20.2 Å². The summed E-state index contributed by atoms with van der Waals surface area (Å²) in [5, 5.41) is 9.61. The summed E-state index contributed by atoms with van der Waals surface area (Å²) < 4.78 is 0. The van der Waals surface area contributed by atoms with Crippen molar-refractivity contribution >= 4 is 7.85 Å². The standard InChI is InChI=1S/C10H19BO/c1-7-4-5-9(6-7)8(2)10(3,11)12/h7-9,12H,4-6H2,1-3H3. The molecule has 2 heteroatoms. The lowest BCUT2D eigenvalue weighted by molar-refractivity contribution is 0.0578. The monoisotopic (exact) mass is 166 g/mol. The minimum absolute atomic E-state index is 0.224. The van der Waals surface area contributed by atoms with Crippen LogP contribution in [0, 0.1) is 17.8 Å². The second kappa shape index (κ2) is 3.41. The van der Waals surface area contributed by atoms with Crippen molar-refractivity contribution in [2.45, 2.75) is 45.5 Å². The van der Waals surface area contributed by atoms with Crippen LogP contribution in [0.15, 0.2) is 0 Å². The molecule has 0 bridgehead atoms. The van der Waals surface area contributed by atoms with E-state index in [2.05, 4.69) is 13.8 Å². The third kappa shape index (κ3) is 2.26. The van der Waals surface area contributed by atoms with Crippen molar-refractivity contribution in [3.63, 3.8) is 0 Å². The van der Waals surface area contributed by atoms with Crippen molar-refractivity contribution in [2.75, 3.05) is 0 Å². The molecule has 0 aromatic heterocycles. The van der Waals surface area contributed by atoms with Crippen LogP contribution < -0.4 is 0 Å². The van der Waals surface area contributed by atoms with Gasteiger partial charge in [-0.3, -0.25) is 0 Å². The minimum Gasteiger partial charge on any atom is -0.400 e. The molecule has 0 aromatic carbocycles. The van der Waals surface area contributed by atoms with Crippen LogP contribution in [0.1, 0.15) is 40.0 Å². The molecule has 0 saturated heterocycles. The maximum absolute atomic E-state index is 9.61. The van der Waals surface area contributed by atoms with Crippen LogP contribution in [0.25, 0.3) is 0 Å². The van der Waals surface area contributed by atoms with Crippen molar-refractivity contribution in [2.24, 2.45) is 17.8 Å². The molecule has 12 heavy (non-hydrogen) atoms. The van der Waals surface area contributed by atoms with Gasteiger partial charge in [0.25, 0.3) is 0 Å². The fourth-order valence-electron chi connectivity index (χ4n) is 2.18. The third-order valence-corrected chi connectivity index (χ3v) is 3.36. The van der Waals surface area contributed by atoms with Crippen molar-refractivity contribution in [3.8, 4) is 0 Å². The van der Waals surface area contributed by atoms with Crippen molar-refractivity contribution in [3.05, 3.63) is 0 Å². The average Bonchev–Trinajstić information content (AvgIpc) is 2.32. The van der Waals surface area contributed by atoms with E-state index in [9.17, 15) is 5.11 Å². The SMILES string of the molecule is [B]C(C)(O)C(C)C1CCC(C)C1. The zero-order chi connectivity index (χ0) is 9.35. The summed E-state index contributed by atoms with van der Waals surface area (Å²) in [6.07, 6.45) is 3.76. The molecule has 2 radical (unpaired) electrons. The molecule has 0 amide bonds. The van der Waals surface area contributed by atoms with Gasteiger partial charge in [-0.15, -0.1) is 0 Å². The first-order chi connectivity index (χ1) is 5.41. The molecule has 1 saturated carbocycles. The first-order valence-corrected chi connectivity index (χ1v) is 4.92. The summed E-state index contributed by atoms with van der Waals surface area (Å²) in [4.78, 5) is 0. The Hall–Kier alpha value is 0.0249. The molecular weight excluding hydrogens is 147 g/mol. The van der Waals surface area contributed by atoms with Gasteiger partial charge >= 0.3 is 0 Å². The van der Waals surface area contributed by atoms with E-state index in [1.54, 1.807) is 6.92 Å². The normalized spacial score (nSPS) is 37.7. The molecular formula is C10H19BO. The lowest BCUT2D eigenvalue weighted by atomic mass is 9.68. The lowest BCUT2D eigenvalue weighted by Crippen LogP contribution is -2.37. The molecule has 0 spiro atoms.